The first-order valence-electron chi connectivity index (χ1n) is 6.65. The van der Waals surface area contributed by atoms with E-state index in [0.29, 0.717) is 12.0 Å². The number of carbonyl (C=O) groups excluding carboxylic acids is 1. The first-order valence-corrected chi connectivity index (χ1v) is 6.65. The fourth-order valence-corrected chi connectivity index (χ4v) is 2.54. The van der Waals surface area contributed by atoms with Gasteiger partial charge in [0.1, 0.15) is 5.82 Å². The van der Waals surface area contributed by atoms with Crippen molar-refractivity contribution in [2.45, 2.75) is 19.4 Å². The number of piperazine rings is 1. The van der Waals surface area contributed by atoms with Gasteiger partial charge in [0.05, 0.1) is 0 Å². The van der Waals surface area contributed by atoms with E-state index >= 15 is 0 Å². The molecule has 1 aromatic rings. The average molecular weight is 264 g/mol. The average Bonchev–Trinajstić information content (AvgIpc) is 2.36. The van der Waals surface area contributed by atoms with Gasteiger partial charge in [-0.05, 0) is 38.7 Å². The quantitative estimate of drug-likeness (QED) is 0.780. The summed E-state index contributed by atoms with van der Waals surface area (Å²) in [5.74, 6) is -0.313. The van der Waals surface area contributed by atoms with Gasteiger partial charge in [-0.15, -0.1) is 0 Å². The highest BCUT2D eigenvalue weighted by atomic mass is 19.1. The van der Waals surface area contributed by atoms with E-state index in [1.807, 2.05) is 14.0 Å². The van der Waals surface area contributed by atoms with E-state index in [1.54, 1.807) is 6.07 Å². The van der Waals surface area contributed by atoms with Crippen molar-refractivity contribution in [2.24, 2.45) is 0 Å². The van der Waals surface area contributed by atoms with Crippen LogP contribution < -0.4 is 0 Å². The molecule has 0 radical (unpaired) electrons. The molecule has 1 aliphatic rings. The molecule has 0 amide bonds. The zero-order valence-corrected chi connectivity index (χ0v) is 11.8. The highest BCUT2D eigenvalue weighted by Gasteiger charge is 2.25. The van der Waals surface area contributed by atoms with Crippen molar-refractivity contribution >= 4 is 5.78 Å². The fourth-order valence-electron chi connectivity index (χ4n) is 2.54. The largest absolute Gasteiger partial charge is 0.304 e. The molecule has 1 atom stereocenters. The van der Waals surface area contributed by atoms with Gasteiger partial charge in [-0.1, -0.05) is 6.07 Å². The molecule has 104 valence electrons. The molecular formula is C15H21FN2O. The molecule has 0 aliphatic carbocycles. The number of carbonyl (C=O) groups is 1. The topological polar surface area (TPSA) is 23.6 Å². The Kier molecular flexibility index (Phi) is 4.32. The lowest BCUT2D eigenvalue weighted by atomic mass is 9.98. The van der Waals surface area contributed by atoms with Crippen LogP contribution in [0.25, 0.3) is 0 Å². The fraction of sp³-hybridized carbons (Fsp3) is 0.533. The predicted molar refractivity (Wildman–Crippen MR) is 74.0 cm³/mol. The number of likely N-dealkylation sites (N-methyl/N-ethyl adjacent to an activating group) is 2. The number of nitrogens with zero attached hydrogens (tertiary/aromatic N) is 2. The monoisotopic (exact) mass is 264 g/mol. The van der Waals surface area contributed by atoms with Crippen LogP contribution in [0.15, 0.2) is 18.2 Å². The maximum Gasteiger partial charge on any atom is 0.164 e. The van der Waals surface area contributed by atoms with Crippen molar-refractivity contribution in [3.05, 3.63) is 35.1 Å². The Bertz CT molecular complexity index is 475. The van der Waals surface area contributed by atoms with Crippen molar-refractivity contribution in [2.75, 3.05) is 33.7 Å². The predicted octanol–water partition coefficient (Wildman–Crippen LogP) is 1.95. The number of ketones is 1. The Labute approximate surface area is 114 Å². The number of rotatable bonds is 3. The van der Waals surface area contributed by atoms with Crippen LogP contribution in [0.3, 0.4) is 0 Å². The van der Waals surface area contributed by atoms with Crippen LogP contribution in [0.1, 0.15) is 22.3 Å². The SMILES string of the molecule is Cc1ccc(F)cc1C(=O)CC1CN(C)CCN1C. The number of hydrogen-bond donors (Lipinski definition) is 0. The van der Waals surface area contributed by atoms with E-state index in [4.69, 9.17) is 0 Å². The van der Waals surface area contributed by atoms with E-state index in [2.05, 4.69) is 16.8 Å². The molecule has 0 spiro atoms. The number of benzene rings is 1. The third-order valence-electron chi connectivity index (χ3n) is 3.90. The molecule has 3 nitrogen and oxygen atoms in total. The zero-order valence-electron chi connectivity index (χ0n) is 11.8. The standard InChI is InChI=1S/C15H21FN2O/c1-11-4-5-12(16)8-14(11)15(19)9-13-10-17(2)6-7-18(13)3/h4-5,8,13H,6-7,9-10H2,1-3H3. The number of aryl methyl sites for hydroxylation is 1. The summed E-state index contributed by atoms with van der Waals surface area (Å²) in [5.41, 5.74) is 1.36. The molecule has 0 bridgehead atoms. The van der Waals surface area contributed by atoms with Crippen LogP contribution in [0, 0.1) is 12.7 Å². The van der Waals surface area contributed by atoms with Gasteiger partial charge in [0.25, 0.3) is 0 Å². The summed E-state index contributed by atoms with van der Waals surface area (Å²) < 4.78 is 13.3. The first kappa shape index (κ1) is 14.2. The summed E-state index contributed by atoms with van der Waals surface area (Å²) in [7, 11) is 4.11. The summed E-state index contributed by atoms with van der Waals surface area (Å²) in [6.07, 6.45) is 0.450. The van der Waals surface area contributed by atoms with Gasteiger partial charge < -0.3 is 9.80 Å². The lowest BCUT2D eigenvalue weighted by Gasteiger charge is -2.37. The highest BCUT2D eigenvalue weighted by Crippen LogP contribution is 2.17. The molecule has 4 heteroatoms. The molecule has 1 heterocycles. The summed E-state index contributed by atoms with van der Waals surface area (Å²) in [6.45, 7) is 4.73. The first-order chi connectivity index (χ1) is 8.97. The van der Waals surface area contributed by atoms with Gasteiger partial charge in [0.15, 0.2) is 5.78 Å². The molecule has 1 fully saturated rings. The minimum Gasteiger partial charge on any atom is -0.304 e. The number of halogens is 1. The van der Waals surface area contributed by atoms with E-state index < -0.39 is 0 Å². The lowest BCUT2D eigenvalue weighted by Crippen LogP contribution is -2.50. The molecule has 1 aromatic carbocycles. The Balaban J connectivity index is 2.10. The minimum atomic E-state index is -0.344. The van der Waals surface area contributed by atoms with E-state index in [0.717, 1.165) is 25.2 Å². The van der Waals surface area contributed by atoms with E-state index in [1.165, 1.54) is 12.1 Å². The smallest absolute Gasteiger partial charge is 0.164 e. The maximum atomic E-state index is 13.3. The minimum absolute atomic E-state index is 0.0316. The normalized spacial score (nSPS) is 21.6. The van der Waals surface area contributed by atoms with Gasteiger partial charge in [-0.25, -0.2) is 4.39 Å². The molecule has 1 unspecified atom stereocenters. The summed E-state index contributed by atoms with van der Waals surface area (Å²) in [4.78, 5) is 16.8. The van der Waals surface area contributed by atoms with Gasteiger partial charge in [0.2, 0.25) is 0 Å². The summed E-state index contributed by atoms with van der Waals surface area (Å²) in [5, 5.41) is 0. The molecule has 0 N–H and O–H groups in total. The van der Waals surface area contributed by atoms with Crippen molar-refractivity contribution < 1.29 is 9.18 Å². The Morgan fingerprint density at radius 1 is 1.37 bits per heavy atom. The van der Waals surface area contributed by atoms with Crippen molar-refractivity contribution in [1.29, 1.82) is 0 Å². The second-order valence-electron chi connectivity index (χ2n) is 5.48. The molecule has 1 aliphatic heterocycles. The molecular weight excluding hydrogens is 243 g/mol. The second kappa shape index (κ2) is 5.80. The lowest BCUT2D eigenvalue weighted by molar-refractivity contribution is 0.0809. The van der Waals surface area contributed by atoms with Crippen molar-refractivity contribution in [3.63, 3.8) is 0 Å². The van der Waals surface area contributed by atoms with Gasteiger partial charge >= 0.3 is 0 Å². The highest BCUT2D eigenvalue weighted by molar-refractivity contribution is 5.97. The van der Waals surface area contributed by atoms with Crippen LogP contribution in [0.5, 0.6) is 0 Å². The van der Waals surface area contributed by atoms with E-state index in [-0.39, 0.29) is 17.6 Å². The van der Waals surface area contributed by atoms with Crippen molar-refractivity contribution in [3.8, 4) is 0 Å². The Morgan fingerprint density at radius 2 is 2.11 bits per heavy atom. The van der Waals surface area contributed by atoms with Crippen molar-refractivity contribution in [1.82, 2.24) is 9.80 Å². The van der Waals surface area contributed by atoms with Gasteiger partial charge in [-0.3, -0.25) is 4.79 Å². The van der Waals surface area contributed by atoms with Crippen LogP contribution in [-0.2, 0) is 0 Å². The number of hydrogen-bond acceptors (Lipinski definition) is 3. The Morgan fingerprint density at radius 3 is 2.84 bits per heavy atom. The van der Waals surface area contributed by atoms with Crippen LogP contribution in [0.4, 0.5) is 4.39 Å². The summed E-state index contributed by atoms with van der Waals surface area (Å²) in [6, 6.07) is 4.63. The van der Waals surface area contributed by atoms with E-state index in [9.17, 15) is 9.18 Å². The summed E-state index contributed by atoms with van der Waals surface area (Å²) >= 11 is 0. The second-order valence-corrected chi connectivity index (χ2v) is 5.48. The molecule has 1 saturated heterocycles. The number of Topliss-reactive ketones (excluding diaryl/α,β-unsaturated/α-hetero) is 1. The van der Waals surface area contributed by atoms with Gasteiger partial charge in [0, 0.05) is 37.7 Å². The van der Waals surface area contributed by atoms with Crippen LogP contribution in [-0.4, -0.2) is 55.4 Å². The zero-order chi connectivity index (χ0) is 14.0. The van der Waals surface area contributed by atoms with Gasteiger partial charge in [-0.2, -0.15) is 0 Å². The third kappa shape index (κ3) is 3.39. The maximum absolute atomic E-state index is 13.3. The van der Waals surface area contributed by atoms with Crippen LogP contribution in [0.2, 0.25) is 0 Å². The molecule has 0 saturated carbocycles. The van der Waals surface area contributed by atoms with Crippen LogP contribution >= 0.6 is 0 Å². The Hall–Kier alpha value is -1.26. The molecule has 2 rings (SSSR count). The third-order valence-corrected chi connectivity index (χ3v) is 3.90. The molecule has 0 aromatic heterocycles. The molecule has 19 heavy (non-hydrogen) atoms.